The molecule has 23 heavy (non-hydrogen) atoms. The highest BCUT2D eigenvalue weighted by Crippen LogP contribution is 2.25. The fraction of sp³-hybridized carbons (Fsp3) is 0.294. The molecule has 0 bridgehead atoms. The highest BCUT2D eigenvalue weighted by molar-refractivity contribution is 14.1. The summed E-state index contributed by atoms with van der Waals surface area (Å²) in [5.41, 5.74) is 3.88. The first kappa shape index (κ1) is 16.2. The molecule has 2 heterocycles. The van der Waals surface area contributed by atoms with E-state index in [0.29, 0.717) is 11.4 Å². The van der Waals surface area contributed by atoms with E-state index >= 15 is 0 Å². The van der Waals surface area contributed by atoms with Crippen LogP contribution in [0.5, 0.6) is 5.88 Å². The topological polar surface area (TPSA) is 54.5 Å². The Balaban J connectivity index is 1.85. The van der Waals surface area contributed by atoms with Crippen molar-refractivity contribution in [3.8, 4) is 5.88 Å². The maximum atomic E-state index is 12.6. The number of aromatic nitrogens is 1. The zero-order valence-electron chi connectivity index (χ0n) is 13.1. The van der Waals surface area contributed by atoms with Gasteiger partial charge in [0.15, 0.2) is 0 Å². The summed E-state index contributed by atoms with van der Waals surface area (Å²) in [6.07, 6.45) is 2.68. The average Bonchev–Trinajstić information content (AvgIpc) is 2.54. The number of hydrogen-bond donors (Lipinski definition) is 1. The molecule has 2 aromatic rings. The van der Waals surface area contributed by atoms with Crippen LogP contribution in [0.4, 0.5) is 5.69 Å². The summed E-state index contributed by atoms with van der Waals surface area (Å²) in [5, 5.41) is 2.96. The van der Waals surface area contributed by atoms with Crippen molar-refractivity contribution in [3.63, 3.8) is 0 Å². The Hall–Kier alpha value is -1.67. The molecule has 0 spiro atoms. The number of carbonyl (C=O) groups excluding carboxylic acids is 1. The van der Waals surface area contributed by atoms with E-state index in [4.69, 9.17) is 4.74 Å². The summed E-state index contributed by atoms with van der Waals surface area (Å²) in [6.45, 7) is 1.98. The number of nitrogens with one attached hydrogen (secondary N) is 1. The molecule has 1 amide bonds. The molecule has 1 N–H and O–H groups in total. The van der Waals surface area contributed by atoms with E-state index in [9.17, 15) is 4.79 Å². The van der Waals surface area contributed by atoms with Gasteiger partial charge in [-0.3, -0.25) is 4.79 Å². The number of nitrogens with zero attached hydrogens (tertiary/aromatic N) is 2. The smallest absolute Gasteiger partial charge is 0.262 e. The van der Waals surface area contributed by atoms with Gasteiger partial charge in [0.1, 0.15) is 5.56 Å². The third kappa shape index (κ3) is 3.48. The first-order valence-corrected chi connectivity index (χ1v) is 8.46. The van der Waals surface area contributed by atoms with E-state index in [1.54, 1.807) is 12.3 Å². The minimum Gasteiger partial charge on any atom is -0.480 e. The Morgan fingerprint density at radius 3 is 2.96 bits per heavy atom. The molecule has 5 nitrogen and oxygen atoms in total. The third-order valence-corrected chi connectivity index (χ3v) is 4.85. The predicted molar refractivity (Wildman–Crippen MR) is 97.9 cm³/mol. The normalized spacial score (nSPS) is 14.2. The lowest BCUT2D eigenvalue weighted by atomic mass is 9.99. The molecule has 1 aliphatic heterocycles. The predicted octanol–water partition coefficient (Wildman–Crippen LogP) is 2.94. The molecule has 0 saturated carbocycles. The molecule has 3 rings (SSSR count). The summed E-state index contributed by atoms with van der Waals surface area (Å²) >= 11 is 2.12. The Bertz CT molecular complexity index is 749. The van der Waals surface area contributed by atoms with Crippen molar-refractivity contribution in [2.75, 3.05) is 26.0 Å². The lowest BCUT2D eigenvalue weighted by Gasteiger charge is -2.25. The van der Waals surface area contributed by atoms with Crippen molar-refractivity contribution in [1.82, 2.24) is 9.88 Å². The molecular formula is C17H18IN3O2. The van der Waals surface area contributed by atoms with E-state index < -0.39 is 0 Å². The first-order valence-electron chi connectivity index (χ1n) is 7.38. The van der Waals surface area contributed by atoms with Gasteiger partial charge in [0.2, 0.25) is 5.88 Å². The quantitative estimate of drug-likeness (QED) is 0.772. The number of anilines is 1. The maximum absolute atomic E-state index is 12.6. The monoisotopic (exact) mass is 423 g/mol. The number of halogens is 1. The fourth-order valence-electron chi connectivity index (χ4n) is 2.75. The molecule has 0 unspecified atom stereocenters. The maximum Gasteiger partial charge on any atom is 0.262 e. The van der Waals surface area contributed by atoms with Crippen LogP contribution in [0.1, 0.15) is 21.5 Å². The number of likely N-dealkylation sites (N-methyl/N-ethyl adjacent to an activating group) is 1. The number of amides is 1. The molecular weight excluding hydrogens is 405 g/mol. The SMILES string of the molecule is COc1nccc(I)c1C(=O)Nc1ccc2c(c1)CN(C)CC2. The summed E-state index contributed by atoms with van der Waals surface area (Å²) in [7, 11) is 3.63. The zero-order valence-corrected chi connectivity index (χ0v) is 15.3. The van der Waals surface area contributed by atoms with Gasteiger partial charge >= 0.3 is 0 Å². The second-order valence-electron chi connectivity index (χ2n) is 5.60. The Morgan fingerprint density at radius 2 is 2.17 bits per heavy atom. The van der Waals surface area contributed by atoms with Crippen molar-refractivity contribution in [2.24, 2.45) is 0 Å². The number of fused-ring (bicyclic) bond motifs is 1. The molecule has 0 atom stereocenters. The molecule has 1 aromatic carbocycles. The number of ether oxygens (including phenoxy) is 1. The lowest BCUT2D eigenvalue weighted by molar-refractivity contribution is 0.102. The number of pyridine rings is 1. The van der Waals surface area contributed by atoms with E-state index in [0.717, 1.165) is 28.8 Å². The largest absolute Gasteiger partial charge is 0.480 e. The van der Waals surface area contributed by atoms with Crippen molar-refractivity contribution < 1.29 is 9.53 Å². The van der Waals surface area contributed by atoms with Crippen LogP contribution in [0.15, 0.2) is 30.5 Å². The molecule has 1 aliphatic rings. The summed E-state index contributed by atoms with van der Waals surface area (Å²) < 4.78 is 6.02. The second-order valence-corrected chi connectivity index (χ2v) is 6.76. The van der Waals surface area contributed by atoms with Gasteiger partial charge in [0, 0.05) is 28.5 Å². The summed E-state index contributed by atoms with van der Waals surface area (Å²) in [6, 6.07) is 7.90. The molecule has 0 saturated heterocycles. The van der Waals surface area contributed by atoms with E-state index in [1.807, 2.05) is 6.07 Å². The van der Waals surface area contributed by atoms with Crippen molar-refractivity contribution in [1.29, 1.82) is 0 Å². The van der Waals surface area contributed by atoms with Crippen molar-refractivity contribution in [2.45, 2.75) is 13.0 Å². The minimum atomic E-state index is -0.205. The van der Waals surface area contributed by atoms with Crippen LogP contribution in [0.3, 0.4) is 0 Å². The molecule has 0 aliphatic carbocycles. The number of carbonyl (C=O) groups is 1. The third-order valence-electron chi connectivity index (χ3n) is 3.95. The fourth-order valence-corrected chi connectivity index (χ4v) is 3.39. The Kier molecular flexibility index (Phi) is 4.82. The molecule has 0 fully saturated rings. The van der Waals surface area contributed by atoms with Crippen LogP contribution in [-0.2, 0) is 13.0 Å². The van der Waals surface area contributed by atoms with Crippen molar-refractivity contribution in [3.05, 3.63) is 50.7 Å². The lowest BCUT2D eigenvalue weighted by Crippen LogP contribution is -2.26. The molecule has 6 heteroatoms. The van der Waals surface area contributed by atoms with Crippen LogP contribution in [0, 0.1) is 3.57 Å². The van der Waals surface area contributed by atoms with Crippen LogP contribution >= 0.6 is 22.6 Å². The van der Waals surface area contributed by atoms with Gasteiger partial charge in [-0.2, -0.15) is 0 Å². The highest BCUT2D eigenvalue weighted by Gasteiger charge is 2.19. The van der Waals surface area contributed by atoms with Gasteiger partial charge in [0.05, 0.1) is 7.11 Å². The van der Waals surface area contributed by atoms with Gasteiger partial charge in [-0.1, -0.05) is 6.07 Å². The van der Waals surface area contributed by atoms with E-state index in [2.05, 4.69) is 57.0 Å². The van der Waals surface area contributed by atoms with Gasteiger partial charge in [-0.15, -0.1) is 0 Å². The van der Waals surface area contributed by atoms with Gasteiger partial charge < -0.3 is 15.0 Å². The van der Waals surface area contributed by atoms with Crippen LogP contribution < -0.4 is 10.1 Å². The molecule has 1 aromatic heterocycles. The first-order chi connectivity index (χ1) is 11.1. The Morgan fingerprint density at radius 1 is 1.35 bits per heavy atom. The summed E-state index contributed by atoms with van der Waals surface area (Å²) in [5.74, 6) is 0.135. The van der Waals surface area contributed by atoms with E-state index in [-0.39, 0.29) is 5.91 Å². The van der Waals surface area contributed by atoms with Crippen LogP contribution in [0.25, 0.3) is 0 Å². The molecule has 0 radical (unpaired) electrons. The van der Waals surface area contributed by atoms with Crippen molar-refractivity contribution >= 4 is 34.2 Å². The van der Waals surface area contributed by atoms with Gasteiger partial charge in [-0.05, 0) is 65.4 Å². The number of hydrogen-bond acceptors (Lipinski definition) is 4. The minimum absolute atomic E-state index is 0.205. The molecule has 120 valence electrons. The Labute approximate surface area is 149 Å². The number of rotatable bonds is 3. The van der Waals surface area contributed by atoms with Crippen LogP contribution in [0.2, 0.25) is 0 Å². The second kappa shape index (κ2) is 6.84. The average molecular weight is 423 g/mol. The number of methoxy groups -OCH3 is 1. The number of benzene rings is 1. The van der Waals surface area contributed by atoms with Crippen LogP contribution in [-0.4, -0.2) is 36.5 Å². The highest BCUT2D eigenvalue weighted by atomic mass is 127. The summed E-state index contributed by atoms with van der Waals surface area (Å²) in [4.78, 5) is 19.0. The standard InChI is InChI=1S/C17H18IN3O2/c1-21-8-6-11-3-4-13(9-12(11)10-21)20-16(22)15-14(18)5-7-19-17(15)23-2/h3-5,7,9H,6,8,10H2,1-2H3,(H,20,22). The van der Waals surface area contributed by atoms with E-state index in [1.165, 1.54) is 18.2 Å². The zero-order chi connectivity index (χ0) is 16.4. The van der Waals surface area contributed by atoms with Gasteiger partial charge in [-0.25, -0.2) is 4.98 Å². The van der Waals surface area contributed by atoms with Gasteiger partial charge in [0.25, 0.3) is 5.91 Å².